The first-order valence-electron chi connectivity index (χ1n) is 5.82. The average Bonchev–Trinajstić information content (AvgIpc) is 2.42. The molecule has 0 aliphatic carbocycles. The van der Waals surface area contributed by atoms with Crippen LogP contribution < -0.4 is 10.6 Å². The van der Waals surface area contributed by atoms with E-state index >= 15 is 0 Å². The monoisotopic (exact) mass is 368 g/mol. The Morgan fingerprint density at radius 1 is 1.21 bits per heavy atom. The molecule has 1 heterocycles. The Labute approximate surface area is 125 Å². The number of carbonyl (C=O) groups is 1. The summed E-state index contributed by atoms with van der Waals surface area (Å²) in [7, 11) is 0. The molecule has 0 radical (unpaired) electrons. The second-order valence-corrected chi connectivity index (χ2v) is 5.02. The molecule has 0 saturated heterocycles. The molecule has 2 N–H and O–H groups in total. The van der Waals surface area contributed by atoms with Crippen LogP contribution in [0.1, 0.15) is 17.4 Å². The lowest BCUT2D eigenvalue weighted by Crippen LogP contribution is -2.14. The largest absolute Gasteiger partial charge is 0.369 e. The molecule has 0 saturated carbocycles. The second kappa shape index (κ2) is 6.46. The molecule has 1 amide bonds. The van der Waals surface area contributed by atoms with Gasteiger partial charge in [-0.25, -0.2) is 9.97 Å². The zero-order chi connectivity index (χ0) is 13.7. The summed E-state index contributed by atoms with van der Waals surface area (Å²) in [5, 5.41) is 5.80. The van der Waals surface area contributed by atoms with Gasteiger partial charge in [-0.2, -0.15) is 0 Å². The van der Waals surface area contributed by atoms with Crippen molar-refractivity contribution in [1.82, 2.24) is 9.97 Å². The van der Waals surface area contributed by atoms with E-state index in [1.807, 2.05) is 31.2 Å². The minimum Gasteiger partial charge on any atom is -0.369 e. The molecular formula is C13H13IN4O. The summed E-state index contributed by atoms with van der Waals surface area (Å²) < 4.78 is 1.12. The Hall–Kier alpha value is -1.70. The lowest BCUT2D eigenvalue weighted by molar-refractivity contribution is 0.102. The summed E-state index contributed by atoms with van der Waals surface area (Å²) in [5.41, 5.74) is 1.03. The van der Waals surface area contributed by atoms with Crippen molar-refractivity contribution in [1.29, 1.82) is 0 Å². The minimum atomic E-state index is -0.267. The summed E-state index contributed by atoms with van der Waals surface area (Å²) in [6.07, 6.45) is 3.01. The van der Waals surface area contributed by atoms with Gasteiger partial charge in [-0.15, -0.1) is 0 Å². The molecule has 2 rings (SSSR count). The van der Waals surface area contributed by atoms with Crippen LogP contribution in [0.5, 0.6) is 0 Å². The summed E-state index contributed by atoms with van der Waals surface area (Å²) in [6.45, 7) is 2.74. The number of benzene rings is 1. The van der Waals surface area contributed by atoms with Crippen LogP contribution in [0.25, 0.3) is 0 Å². The number of carbonyl (C=O) groups excluding carboxylic acids is 1. The molecule has 0 aliphatic heterocycles. The highest BCUT2D eigenvalue weighted by Crippen LogP contribution is 2.12. The van der Waals surface area contributed by atoms with Crippen molar-refractivity contribution in [3.63, 3.8) is 0 Å². The highest BCUT2D eigenvalue weighted by atomic mass is 127. The van der Waals surface area contributed by atoms with Crippen LogP contribution in [0.3, 0.4) is 0 Å². The molecule has 0 aliphatic rings. The zero-order valence-corrected chi connectivity index (χ0v) is 12.5. The third-order valence-corrected chi connectivity index (χ3v) is 3.06. The fraction of sp³-hybridized carbons (Fsp3) is 0.154. The molecule has 0 bridgehead atoms. The molecule has 0 unspecified atom stereocenters. The molecule has 0 fully saturated rings. The molecule has 1 aromatic carbocycles. The molecule has 98 valence electrons. The van der Waals surface area contributed by atoms with E-state index in [0.717, 1.165) is 15.8 Å². The Morgan fingerprint density at radius 2 is 1.95 bits per heavy atom. The maximum Gasteiger partial charge on any atom is 0.275 e. The van der Waals surface area contributed by atoms with Gasteiger partial charge in [-0.1, -0.05) is 0 Å². The van der Waals surface area contributed by atoms with Gasteiger partial charge < -0.3 is 10.6 Å². The first-order valence-corrected chi connectivity index (χ1v) is 6.89. The van der Waals surface area contributed by atoms with Gasteiger partial charge in [0.05, 0.1) is 12.4 Å². The third kappa shape index (κ3) is 3.88. The van der Waals surface area contributed by atoms with Gasteiger partial charge in [-0.3, -0.25) is 4.79 Å². The maximum absolute atomic E-state index is 11.9. The van der Waals surface area contributed by atoms with Crippen molar-refractivity contribution in [2.24, 2.45) is 0 Å². The molecule has 0 atom stereocenters. The first kappa shape index (κ1) is 13.7. The predicted molar refractivity (Wildman–Crippen MR) is 83.3 cm³/mol. The van der Waals surface area contributed by atoms with Crippen LogP contribution in [-0.4, -0.2) is 22.4 Å². The number of hydrogen-bond acceptors (Lipinski definition) is 4. The van der Waals surface area contributed by atoms with Crippen molar-refractivity contribution >= 4 is 40.0 Å². The van der Waals surface area contributed by atoms with Crippen LogP contribution in [0, 0.1) is 3.57 Å². The highest BCUT2D eigenvalue weighted by Gasteiger charge is 2.08. The topological polar surface area (TPSA) is 66.9 Å². The fourth-order valence-corrected chi connectivity index (χ4v) is 1.81. The molecule has 6 heteroatoms. The number of nitrogens with one attached hydrogen (secondary N) is 2. The van der Waals surface area contributed by atoms with Gasteiger partial charge >= 0.3 is 0 Å². The van der Waals surface area contributed by atoms with Gasteiger partial charge in [0.2, 0.25) is 0 Å². The standard InChI is InChI=1S/C13H13IN4O/c1-2-15-12-8-16-11(7-17-12)13(19)18-10-5-3-9(14)4-6-10/h3-8H,2H2,1H3,(H,15,17)(H,18,19). The summed E-state index contributed by atoms with van der Waals surface area (Å²) in [6, 6.07) is 7.55. The third-order valence-electron chi connectivity index (χ3n) is 2.34. The van der Waals surface area contributed by atoms with Crippen molar-refractivity contribution < 1.29 is 4.79 Å². The number of nitrogens with zero attached hydrogens (tertiary/aromatic N) is 2. The normalized spacial score (nSPS) is 10.0. The van der Waals surface area contributed by atoms with Crippen molar-refractivity contribution in [3.8, 4) is 0 Å². The lowest BCUT2D eigenvalue weighted by Gasteiger charge is -2.05. The lowest BCUT2D eigenvalue weighted by atomic mass is 10.3. The van der Waals surface area contributed by atoms with Crippen LogP contribution in [0.15, 0.2) is 36.7 Å². The van der Waals surface area contributed by atoms with Crippen LogP contribution in [0.2, 0.25) is 0 Å². The molecule has 2 aromatic rings. The summed E-state index contributed by atoms with van der Waals surface area (Å²) in [4.78, 5) is 20.1. The van der Waals surface area contributed by atoms with Crippen LogP contribution in [-0.2, 0) is 0 Å². The Morgan fingerprint density at radius 3 is 2.53 bits per heavy atom. The van der Waals surface area contributed by atoms with Gasteiger partial charge in [-0.05, 0) is 53.8 Å². The van der Waals surface area contributed by atoms with Gasteiger partial charge in [0, 0.05) is 15.8 Å². The van der Waals surface area contributed by atoms with E-state index in [4.69, 9.17) is 0 Å². The van der Waals surface area contributed by atoms with Crippen molar-refractivity contribution in [2.45, 2.75) is 6.92 Å². The average molecular weight is 368 g/mol. The van der Waals surface area contributed by atoms with E-state index in [0.29, 0.717) is 11.5 Å². The van der Waals surface area contributed by atoms with E-state index in [1.54, 1.807) is 6.20 Å². The number of halogens is 1. The number of rotatable bonds is 4. The minimum absolute atomic E-state index is 0.267. The smallest absolute Gasteiger partial charge is 0.275 e. The molecule has 19 heavy (non-hydrogen) atoms. The van der Waals surface area contributed by atoms with Crippen LogP contribution in [0.4, 0.5) is 11.5 Å². The first-order chi connectivity index (χ1) is 9.19. The van der Waals surface area contributed by atoms with Crippen LogP contribution >= 0.6 is 22.6 Å². The predicted octanol–water partition coefficient (Wildman–Crippen LogP) is 2.77. The number of anilines is 2. The zero-order valence-electron chi connectivity index (χ0n) is 10.4. The molecule has 0 spiro atoms. The number of aromatic nitrogens is 2. The molecular weight excluding hydrogens is 355 g/mol. The van der Waals surface area contributed by atoms with E-state index < -0.39 is 0 Å². The van der Waals surface area contributed by atoms with E-state index in [-0.39, 0.29) is 5.91 Å². The van der Waals surface area contributed by atoms with Gasteiger partial charge in [0.25, 0.3) is 5.91 Å². The van der Waals surface area contributed by atoms with E-state index in [1.165, 1.54) is 6.20 Å². The maximum atomic E-state index is 11.9. The fourth-order valence-electron chi connectivity index (χ4n) is 1.45. The van der Waals surface area contributed by atoms with Crippen molar-refractivity contribution in [3.05, 3.63) is 45.9 Å². The number of hydrogen-bond donors (Lipinski definition) is 2. The van der Waals surface area contributed by atoms with E-state index in [2.05, 4.69) is 43.2 Å². The van der Waals surface area contributed by atoms with Gasteiger partial charge in [0.15, 0.2) is 0 Å². The van der Waals surface area contributed by atoms with Crippen molar-refractivity contribution in [2.75, 3.05) is 17.2 Å². The molecule has 1 aromatic heterocycles. The second-order valence-electron chi connectivity index (χ2n) is 3.78. The highest BCUT2D eigenvalue weighted by molar-refractivity contribution is 14.1. The SMILES string of the molecule is CCNc1cnc(C(=O)Nc2ccc(I)cc2)cn1. The molecule has 5 nitrogen and oxygen atoms in total. The summed E-state index contributed by atoms with van der Waals surface area (Å²) in [5.74, 6) is 0.394. The van der Waals surface area contributed by atoms with E-state index in [9.17, 15) is 4.79 Å². The Bertz CT molecular complexity index is 554. The Balaban J connectivity index is 2.05. The van der Waals surface area contributed by atoms with Gasteiger partial charge in [0.1, 0.15) is 11.5 Å². The number of amides is 1. The Kier molecular flexibility index (Phi) is 4.67. The summed E-state index contributed by atoms with van der Waals surface area (Å²) >= 11 is 2.21. The quantitative estimate of drug-likeness (QED) is 0.815.